The Morgan fingerprint density at radius 3 is 1.60 bits per heavy atom. The Kier molecular flexibility index (Phi) is 11.9. The molecule has 0 saturated carbocycles. The molecule has 2 aromatic carbocycles. The molecule has 3 aromatic rings. The smallest absolute Gasteiger partial charge is 0.324 e. The summed E-state index contributed by atoms with van der Waals surface area (Å²) in [6.45, 7) is 2.64. The number of sulfone groups is 2. The van der Waals surface area contributed by atoms with E-state index < -0.39 is 65.2 Å². The highest BCUT2D eigenvalue weighted by atomic mass is 32.3. The maximum atomic E-state index is 12.6. The molecule has 0 aliphatic carbocycles. The van der Waals surface area contributed by atoms with Gasteiger partial charge in [0.2, 0.25) is 11.9 Å². The van der Waals surface area contributed by atoms with Crippen molar-refractivity contribution >= 4 is 63.7 Å². The number of hydrogen-bond acceptors (Lipinski definition) is 17. The van der Waals surface area contributed by atoms with Crippen LogP contribution in [0.25, 0.3) is 0 Å². The second-order valence-electron chi connectivity index (χ2n) is 8.83. The van der Waals surface area contributed by atoms with Gasteiger partial charge in [-0.3, -0.25) is 8.37 Å². The van der Waals surface area contributed by atoms with Crippen LogP contribution in [0.5, 0.6) is 0 Å². The molecule has 21 heteroatoms. The van der Waals surface area contributed by atoms with Gasteiger partial charge in [0.25, 0.3) is 0 Å². The van der Waals surface area contributed by atoms with E-state index in [-0.39, 0.29) is 21.7 Å². The van der Waals surface area contributed by atoms with Gasteiger partial charge in [0, 0.05) is 17.9 Å². The molecule has 248 valence electrons. The third-order valence-electron chi connectivity index (χ3n) is 5.84. The van der Waals surface area contributed by atoms with E-state index in [1.54, 1.807) is 24.0 Å². The van der Waals surface area contributed by atoms with Gasteiger partial charge < -0.3 is 10.2 Å². The molecule has 0 bridgehead atoms. The molecule has 1 N–H and O–H groups in total. The normalized spacial score (nSPS) is 12.6. The first-order valence-corrected chi connectivity index (χ1v) is 18.8. The lowest BCUT2D eigenvalue weighted by molar-refractivity contribution is 0.254. The van der Waals surface area contributed by atoms with Crippen LogP contribution in [0.4, 0.5) is 23.3 Å². The molecular weight excluding hydrogens is 679 g/mol. The lowest BCUT2D eigenvalue weighted by atomic mass is 10.3. The van der Waals surface area contributed by atoms with Gasteiger partial charge in [0.1, 0.15) is 5.82 Å². The summed E-state index contributed by atoms with van der Waals surface area (Å²) in [5, 5.41) is 2.98. The Labute approximate surface area is 262 Å². The minimum Gasteiger partial charge on any atom is -0.324 e. The van der Waals surface area contributed by atoms with Gasteiger partial charge in [-0.25, -0.2) is 25.2 Å². The summed E-state index contributed by atoms with van der Waals surface area (Å²) in [5.41, 5.74) is 1.01. The number of anilines is 4. The van der Waals surface area contributed by atoms with Crippen LogP contribution in [0.3, 0.4) is 0 Å². The van der Waals surface area contributed by atoms with Gasteiger partial charge in [-0.1, -0.05) is 0 Å². The van der Waals surface area contributed by atoms with Gasteiger partial charge in [-0.05, 0) is 62.4 Å². The predicted molar refractivity (Wildman–Crippen MR) is 161 cm³/mol. The molecule has 45 heavy (non-hydrogen) atoms. The molecule has 0 fully saturated rings. The summed E-state index contributed by atoms with van der Waals surface area (Å²) in [4.78, 5) is 14.7. The number of aromatic nitrogens is 3. The molecule has 0 aliphatic rings. The van der Waals surface area contributed by atoms with E-state index in [0.29, 0.717) is 23.7 Å². The molecule has 0 aliphatic heterocycles. The summed E-state index contributed by atoms with van der Waals surface area (Å²) in [6, 6.07) is 11.4. The fourth-order valence-electron chi connectivity index (χ4n) is 3.62. The average molecular weight is 710 g/mol. The van der Waals surface area contributed by atoms with E-state index in [1.807, 2.05) is 6.92 Å². The maximum absolute atomic E-state index is 12.6. The second kappa shape index (κ2) is 14.9. The molecule has 17 nitrogen and oxygen atoms in total. The molecule has 0 radical (unpaired) electrons. The van der Waals surface area contributed by atoms with E-state index in [2.05, 4.69) is 37.0 Å². The van der Waals surface area contributed by atoms with Gasteiger partial charge in [-0.2, -0.15) is 31.8 Å². The van der Waals surface area contributed by atoms with Crippen LogP contribution >= 0.6 is 0 Å². The third-order valence-corrected chi connectivity index (χ3v) is 11.0. The average Bonchev–Trinajstić information content (AvgIpc) is 2.97. The lowest BCUT2D eigenvalue weighted by Crippen LogP contribution is -2.20. The van der Waals surface area contributed by atoms with Crippen molar-refractivity contribution in [3.8, 4) is 0 Å². The fraction of sp³-hybridized carbons (Fsp3) is 0.375. The predicted octanol–water partition coefficient (Wildman–Crippen LogP) is 1.44. The highest BCUT2D eigenvalue weighted by Crippen LogP contribution is 2.26. The first-order chi connectivity index (χ1) is 21.0. The van der Waals surface area contributed by atoms with E-state index in [0.717, 1.165) is 14.2 Å². The van der Waals surface area contributed by atoms with E-state index in [1.165, 1.54) is 36.4 Å². The minimum absolute atomic E-state index is 0.0482. The van der Waals surface area contributed by atoms with Crippen molar-refractivity contribution in [1.82, 2.24) is 15.0 Å². The standard InChI is InChI=1S/C24H31N5O12S4/c1-5-29(20-8-12-22(13-9-20)43(32,33)17-15-41-45(36,37)39-4)24-26-18(2)25-23(28-24)27-19-6-10-21(11-7-19)42(30,31)16-14-40-44(34,35)38-3/h6-13H,5,14-17H2,1-4H3,(H,25,26,27,28). The van der Waals surface area contributed by atoms with Crippen molar-refractivity contribution in [2.24, 2.45) is 0 Å². The summed E-state index contributed by atoms with van der Waals surface area (Å²) in [6.07, 6.45) is 0. The summed E-state index contributed by atoms with van der Waals surface area (Å²) in [5.74, 6) is -0.433. The van der Waals surface area contributed by atoms with E-state index in [9.17, 15) is 33.7 Å². The quantitative estimate of drug-likeness (QED) is 0.209. The number of benzene rings is 2. The fourth-order valence-corrected chi connectivity index (χ4v) is 6.77. The number of nitrogens with zero attached hydrogens (tertiary/aromatic N) is 4. The van der Waals surface area contributed by atoms with Crippen molar-refractivity contribution in [3.05, 3.63) is 54.4 Å². The summed E-state index contributed by atoms with van der Waals surface area (Å²) in [7, 11) is -14.5. The van der Waals surface area contributed by atoms with Crippen LogP contribution in [0.15, 0.2) is 58.3 Å². The largest absolute Gasteiger partial charge is 0.399 e. The number of hydrogen-bond donors (Lipinski definition) is 1. The van der Waals surface area contributed by atoms with Crippen molar-refractivity contribution in [1.29, 1.82) is 0 Å². The van der Waals surface area contributed by atoms with Crippen LogP contribution in [0.2, 0.25) is 0 Å². The second-order valence-corrected chi connectivity index (χ2v) is 15.8. The summed E-state index contributed by atoms with van der Waals surface area (Å²) >= 11 is 0. The zero-order valence-corrected chi connectivity index (χ0v) is 27.7. The Morgan fingerprint density at radius 1 is 0.689 bits per heavy atom. The van der Waals surface area contributed by atoms with Crippen molar-refractivity contribution < 1.29 is 50.4 Å². The number of nitrogens with one attached hydrogen (secondary N) is 1. The highest BCUT2D eigenvalue weighted by Gasteiger charge is 2.20. The topological polar surface area (TPSA) is 227 Å². The molecule has 0 spiro atoms. The van der Waals surface area contributed by atoms with Gasteiger partial charge in [0.05, 0.1) is 48.7 Å². The van der Waals surface area contributed by atoms with Crippen LogP contribution in [-0.2, 0) is 57.2 Å². The first kappa shape index (κ1) is 36.2. The Bertz CT molecular complexity index is 1900. The molecular formula is C24H31N5O12S4. The van der Waals surface area contributed by atoms with Crippen LogP contribution in [0, 0.1) is 6.92 Å². The molecule has 3 rings (SSSR count). The van der Waals surface area contributed by atoms with Gasteiger partial charge in [-0.15, -0.1) is 0 Å². The molecule has 0 amide bonds. The Morgan fingerprint density at radius 2 is 1.16 bits per heavy atom. The maximum Gasteiger partial charge on any atom is 0.399 e. The van der Waals surface area contributed by atoms with Gasteiger partial charge in [0.15, 0.2) is 19.7 Å². The van der Waals surface area contributed by atoms with E-state index >= 15 is 0 Å². The van der Waals surface area contributed by atoms with Gasteiger partial charge >= 0.3 is 20.8 Å². The Hall–Kier alpha value is -3.31. The first-order valence-electron chi connectivity index (χ1n) is 12.8. The SMILES string of the molecule is CCN(c1ccc(S(=O)(=O)CCOS(=O)(=O)OC)cc1)c1nc(C)nc(Nc2ccc(S(=O)(=O)CCOS(=O)(=O)OC)cc2)n1. The van der Waals surface area contributed by atoms with Crippen LogP contribution < -0.4 is 10.2 Å². The van der Waals surface area contributed by atoms with Crippen LogP contribution in [-0.4, -0.2) is 94.1 Å². The molecule has 0 atom stereocenters. The zero-order chi connectivity index (χ0) is 33.5. The van der Waals surface area contributed by atoms with Crippen molar-refractivity contribution in [2.45, 2.75) is 23.6 Å². The molecule has 0 unspecified atom stereocenters. The number of rotatable bonds is 17. The zero-order valence-electron chi connectivity index (χ0n) is 24.5. The minimum atomic E-state index is -4.26. The van der Waals surface area contributed by atoms with Crippen molar-refractivity contribution in [3.63, 3.8) is 0 Å². The summed E-state index contributed by atoms with van der Waals surface area (Å²) < 4.78 is 112. The van der Waals surface area contributed by atoms with Crippen LogP contribution in [0.1, 0.15) is 12.7 Å². The van der Waals surface area contributed by atoms with Crippen molar-refractivity contribution in [2.75, 3.05) is 55.7 Å². The molecule has 0 saturated heterocycles. The highest BCUT2D eigenvalue weighted by molar-refractivity contribution is 7.91. The monoisotopic (exact) mass is 709 g/mol. The number of aryl methyl sites for hydroxylation is 1. The van der Waals surface area contributed by atoms with E-state index in [4.69, 9.17) is 0 Å². The Balaban J connectivity index is 1.73. The molecule has 1 aromatic heterocycles. The lowest BCUT2D eigenvalue weighted by Gasteiger charge is -2.22. The third kappa shape index (κ3) is 10.4. The molecule has 1 heterocycles.